The maximum atomic E-state index is 10.9. The molecule has 3 nitrogen and oxygen atoms in total. The van der Waals surface area contributed by atoms with Crippen molar-refractivity contribution in [3.8, 4) is 11.1 Å². The monoisotopic (exact) mass is 335 g/mol. The zero-order chi connectivity index (χ0) is 16.5. The molecule has 0 atom stereocenters. The van der Waals surface area contributed by atoms with Gasteiger partial charge in [-0.15, -0.1) is 11.3 Å². The molecule has 0 amide bonds. The fourth-order valence-corrected chi connectivity index (χ4v) is 3.98. The summed E-state index contributed by atoms with van der Waals surface area (Å²) in [5.41, 5.74) is 5.73. The highest BCUT2D eigenvalue weighted by molar-refractivity contribution is 7.15. The van der Waals surface area contributed by atoms with Crippen molar-refractivity contribution in [3.63, 3.8) is 0 Å². The van der Waals surface area contributed by atoms with Gasteiger partial charge in [-0.1, -0.05) is 54.6 Å². The highest BCUT2D eigenvalue weighted by atomic mass is 32.1. The van der Waals surface area contributed by atoms with Crippen LogP contribution in [0.25, 0.3) is 22.5 Å². The minimum Gasteiger partial charge on any atom is -0.507 e. The van der Waals surface area contributed by atoms with E-state index in [0.29, 0.717) is 12.3 Å². The highest BCUT2D eigenvalue weighted by Gasteiger charge is 2.24. The molecule has 3 aromatic rings. The summed E-state index contributed by atoms with van der Waals surface area (Å²) in [6.45, 7) is 0.652. The number of benzene rings is 2. The molecule has 0 unspecified atom stereocenters. The molecule has 0 spiro atoms. The number of hydrogen-bond donors (Lipinski definition) is 3. The molecular weight excluding hydrogens is 318 g/mol. The molecular formula is C20H17NO2S. The van der Waals surface area contributed by atoms with Crippen molar-refractivity contribution in [1.29, 1.82) is 0 Å². The van der Waals surface area contributed by atoms with E-state index in [4.69, 9.17) is 0 Å². The van der Waals surface area contributed by atoms with E-state index in [1.807, 2.05) is 54.6 Å². The molecule has 0 bridgehead atoms. The van der Waals surface area contributed by atoms with Crippen molar-refractivity contribution in [2.24, 2.45) is 0 Å². The first-order chi connectivity index (χ1) is 11.8. The Labute approximate surface area is 144 Å². The minimum absolute atomic E-state index is 0.0346. The Hall–Kier alpha value is -2.56. The molecule has 2 heterocycles. The maximum absolute atomic E-state index is 10.9. The fourth-order valence-electron chi connectivity index (χ4n) is 3.01. The molecule has 2 aromatic carbocycles. The molecule has 1 aliphatic heterocycles. The Bertz CT molecular complexity index is 895. The van der Waals surface area contributed by atoms with E-state index in [1.54, 1.807) is 11.3 Å². The first-order valence-corrected chi connectivity index (χ1v) is 8.69. The molecule has 1 aliphatic rings. The van der Waals surface area contributed by atoms with Crippen molar-refractivity contribution in [3.05, 3.63) is 76.7 Å². The largest absolute Gasteiger partial charge is 0.507 e. The summed E-state index contributed by atoms with van der Waals surface area (Å²) in [7, 11) is 0. The normalized spacial score (nSPS) is 13.5. The van der Waals surface area contributed by atoms with E-state index < -0.39 is 0 Å². The number of aliphatic hydroxyl groups excluding tert-OH is 2. The van der Waals surface area contributed by atoms with Crippen LogP contribution in [0.3, 0.4) is 0 Å². The van der Waals surface area contributed by atoms with E-state index in [9.17, 15) is 10.2 Å². The zero-order valence-electron chi connectivity index (χ0n) is 13.0. The number of aliphatic hydroxyl groups is 2. The van der Waals surface area contributed by atoms with E-state index in [2.05, 4.69) is 10.7 Å². The van der Waals surface area contributed by atoms with E-state index in [0.717, 1.165) is 38.4 Å². The molecule has 4 rings (SSSR count). The van der Waals surface area contributed by atoms with Gasteiger partial charge in [0.25, 0.3) is 0 Å². The first kappa shape index (κ1) is 15.0. The summed E-state index contributed by atoms with van der Waals surface area (Å²) in [5, 5.41) is 26.6. The molecule has 0 saturated carbocycles. The maximum Gasteiger partial charge on any atom is 0.131 e. The number of hydrogen-bond acceptors (Lipinski definition) is 4. The first-order valence-electron chi connectivity index (χ1n) is 7.81. The molecule has 0 saturated heterocycles. The van der Waals surface area contributed by atoms with Gasteiger partial charge in [0.05, 0.1) is 12.2 Å². The predicted octanol–water partition coefficient (Wildman–Crippen LogP) is 4.76. The van der Waals surface area contributed by atoms with Crippen LogP contribution in [-0.4, -0.2) is 16.8 Å². The third-order valence-electron chi connectivity index (χ3n) is 4.31. The van der Waals surface area contributed by atoms with Gasteiger partial charge in [0, 0.05) is 23.1 Å². The van der Waals surface area contributed by atoms with Gasteiger partial charge >= 0.3 is 0 Å². The molecule has 4 heteroatoms. The molecule has 0 radical (unpaired) electrons. The van der Waals surface area contributed by atoms with Crippen LogP contribution in [-0.2, 0) is 6.61 Å². The van der Waals surface area contributed by atoms with Crippen LogP contribution in [0.4, 0.5) is 5.00 Å². The average Bonchev–Trinajstić information content (AvgIpc) is 3.08. The van der Waals surface area contributed by atoms with Crippen molar-refractivity contribution in [2.75, 3.05) is 11.9 Å². The summed E-state index contributed by atoms with van der Waals surface area (Å²) in [4.78, 5) is 0. The van der Waals surface area contributed by atoms with Crippen molar-refractivity contribution in [1.82, 2.24) is 0 Å². The van der Waals surface area contributed by atoms with Crippen LogP contribution in [0.2, 0.25) is 0 Å². The lowest BCUT2D eigenvalue weighted by atomic mass is 9.94. The third-order valence-corrected chi connectivity index (χ3v) is 5.25. The molecule has 120 valence electrons. The summed E-state index contributed by atoms with van der Waals surface area (Å²) >= 11 is 1.60. The van der Waals surface area contributed by atoms with Crippen molar-refractivity contribution in [2.45, 2.75) is 6.61 Å². The van der Waals surface area contributed by atoms with Crippen molar-refractivity contribution < 1.29 is 10.2 Å². The van der Waals surface area contributed by atoms with Crippen LogP contribution < -0.4 is 5.32 Å². The quantitative estimate of drug-likeness (QED) is 0.647. The van der Waals surface area contributed by atoms with Gasteiger partial charge in [-0.25, -0.2) is 0 Å². The lowest BCUT2D eigenvalue weighted by Crippen LogP contribution is -2.12. The SMILES string of the molecule is OCc1ccc(-c2csc3c2C(O)=C(c2ccccc2)CN3)cc1. The smallest absolute Gasteiger partial charge is 0.131 e. The van der Waals surface area contributed by atoms with E-state index in [-0.39, 0.29) is 6.61 Å². The van der Waals surface area contributed by atoms with Crippen LogP contribution in [0, 0.1) is 0 Å². The molecule has 1 aromatic heterocycles. The molecule has 24 heavy (non-hydrogen) atoms. The second kappa shape index (κ2) is 6.15. The summed E-state index contributed by atoms with van der Waals surface area (Å²) < 4.78 is 0. The van der Waals surface area contributed by atoms with Gasteiger partial charge in [-0.3, -0.25) is 0 Å². The number of fused-ring (bicyclic) bond motifs is 1. The van der Waals surface area contributed by atoms with Crippen LogP contribution in [0.1, 0.15) is 16.7 Å². The lowest BCUT2D eigenvalue weighted by Gasteiger charge is -2.20. The summed E-state index contributed by atoms with van der Waals surface area (Å²) in [6.07, 6.45) is 0. The van der Waals surface area contributed by atoms with Gasteiger partial charge in [-0.2, -0.15) is 0 Å². The van der Waals surface area contributed by atoms with Gasteiger partial charge in [0.2, 0.25) is 0 Å². The fraction of sp³-hybridized carbons (Fsp3) is 0.100. The van der Waals surface area contributed by atoms with E-state index in [1.165, 1.54) is 0 Å². The summed E-state index contributed by atoms with van der Waals surface area (Å²) in [5.74, 6) is 0.345. The zero-order valence-corrected chi connectivity index (χ0v) is 13.8. The second-order valence-electron chi connectivity index (χ2n) is 5.76. The number of nitrogens with one attached hydrogen (secondary N) is 1. The molecule has 0 fully saturated rings. The second-order valence-corrected chi connectivity index (χ2v) is 6.63. The Balaban J connectivity index is 1.82. The Morgan fingerprint density at radius 1 is 0.958 bits per heavy atom. The van der Waals surface area contributed by atoms with Gasteiger partial charge in [-0.05, 0) is 16.7 Å². The lowest BCUT2D eigenvalue weighted by molar-refractivity contribution is 0.282. The third kappa shape index (κ3) is 2.50. The molecule has 3 N–H and O–H groups in total. The van der Waals surface area contributed by atoms with E-state index >= 15 is 0 Å². The topological polar surface area (TPSA) is 52.5 Å². The van der Waals surface area contributed by atoms with Gasteiger partial charge < -0.3 is 15.5 Å². The van der Waals surface area contributed by atoms with Gasteiger partial charge in [0.15, 0.2) is 0 Å². The van der Waals surface area contributed by atoms with Crippen LogP contribution >= 0.6 is 11.3 Å². The Kier molecular flexibility index (Phi) is 3.84. The Morgan fingerprint density at radius 3 is 2.42 bits per heavy atom. The molecule has 0 aliphatic carbocycles. The minimum atomic E-state index is 0.0346. The average molecular weight is 335 g/mol. The predicted molar refractivity (Wildman–Crippen MR) is 100 cm³/mol. The number of anilines is 1. The Morgan fingerprint density at radius 2 is 1.71 bits per heavy atom. The number of thiophene rings is 1. The summed E-state index contributed by atoms with van der Waals surface area (Å²) in [6, 6.07) is 17.8. The van der Waals surface area contributed by atoms with Crippen molar-refractivity contribution >= 4 is 27.7 Å². The van der Waals surface area contributed by atoms with Gasteiger partial charge in [0.1, 0.15) is 10.8 Å². The van der Waals surface area contributed by atoms with Crippen LogP contribution in [0.5, 0.6) is 0 Å². The highest BCUT2D eigenvalue weighted by Crippen LogP contribution is 2.44. The van der Waals surface area contributed by atoms with Crippen LogP contribution in [0.15, 0.2) is 60.0 Å². The standard InChI is InChI=1S/C20H17NO2S/c22-11-13-6-8-15(9-7-13)17-12-24-20-18(17)19(23)16(10-21-20)14-4-2-1-3-5-14/h1-9,12,21-23H,10-11H2. The number of rotatable bonds is 3.